The number of benzene rings is 1. The van der Waals surface area contributed by atoms with E-state index in [-0.39, 0.29) is 0 Å². The van der Waals surface area contributed by atoms with Gasteiger partial charge >= 0.3 is 0 Å². The van der Waals surface area contributed by atoms with Crippen molar-refractivity contribution in [2.75, 3.05) is 7.11 Å². The van der Waals surface area contributed by atoms with Gasteiger partial charge in [0.1, 0.15) is 5.75 Å². The summed E-state index contributed by atoms with van der Waals surface area (Å²) in [5.41, 5.74) is 11.2. The lowest BCUT2D eigenvalue weighted by molar-refractivity contribution is 0.413. The zero-order valence-electron chi connectivity index (χ0n) is 11.3. The van der Waals surface area contributed by atoms with E-state index in [1.54, 1.807) is 7.11 Å². The van der Waals surface area contributed by atoms with Crippen LogP contribution in [-0.4, -0.2) is 16.9 Å². The summed E-state index contributed by atoms with van der Waals surface area (Å²) in [6.07, 6.45) is 1.85. The Labute approximate surface area is 107 Å². The van der Waals surface area contributed by atoms with Crippen molar-refractivity contribution in [1.82, 2.24) is 9.78 Å². The molecule has 0 aliphatic carbocycles. The maximum Gasteiger partial charge on any atom is 0.129 e. The Bertz CT molecular complexity index is 573. The third-order valence-electron chi connectivity index (χ3n) is 3.17. The van der Waals surface area contributed by atoms with E-state index < -0.39 is 0 Å². The quantitative estimate of drug-likeness (QED) is 0.901. The summed E-state index contributed by atoms with van der Waals surface area (Å²) in [4.78, 5) is 0. The van der Waals surface area contributed by atoms with Crippen LogP contribution in [0.15, 0.2) is 18.3 Å². The molecule has 2 N–H and O–H groups in total. The molecule has 0 saturated heterocycles. The highest BCUT2D eigenvalue weighted by Gasteiger charge is 2.15. The number of hydrogen-bond acceptors (Lipinski definition) is 3. The highest BCUT2D eigenvalue weighted by molar-refractivity contribution is 5.74. The van der Waals surface area contributed by atoms with Gasteiger partial charge < -0.3 is 10.5 Å². The second-order valence-electron chi connectivity index (χ2n) is 4.50. The topological polar surface area (TPSA) is 53.1 Å². The molecule has 18 heavy (non-hydrogen) atoms. The third kappa shape index (κ3) is 1.99. The maximum absolute atomic E-state index is 5.80. The molecule has 0 spiro atoms. The predicted molar refractivity (Wildman–Crippen MR) is 72.6 cm³/mol. The van der Waals surface area contributed by atoms with E-state index >= 15 is 0 Å². The SMILES string of the molecule is COc1c(C)cc(C)cc1-c1cnn(C)c1CN. The molecule has 2 aromatic rings. The molecule has 4 heteroatoms. The summed E-state index contributed by atoms with van der Waals surface area (Å²) in [7, 11) is 3.60. The van der Waals surface area contributed by atoms with E-state index in [9.17, 15) is 0 Å². The average molecular weight is 245 g/mol. The Hall–Kier alpha value is -1.81. The van der Waals surface area contributed by atoms with E-state index in [0.29, 0.717) is 6.54 Å². The lowest BCUT2D eigenvalue weighted by Crippen LogP contribution is -2.06. The molecular formula is C14H19N3O. The Balaban J connectivity index is 2.69. The first-order chi connectivity index (χ1) is 8.58. The molecule has 2 rings (SSSR count). The van der Waals surface area contributed by atoms with Crippen molar-refractivity contribution in [3.63, 3.8) is 0 Å². The number of methoxy groups -OCH3 is 1. The van der Waals surface area contributed by atoms with Crippen LogP contribution in [0, 0.1) is 13.8 Å². The van der Waals surface area contributed by atoms with Crippen LogP contribution in [0.1, 0.15) is 16.8 Å². The van der Waals surface area contributed by atoms with Gasteiger partial charge in [-0.05, 0) is 31.0 Å². The van der Waals surface area contributed by atoms with Crippen molar-refractivity contribution >= 4 is 0 Å². The number of rotatable bonds is 3. The minimum Gasteiger partial charge on any atom is -0.496 e. The number of aryl methyl sites for hydroxylation is 3. The average Bonchev–Trinajstić information content (AvgIpc) is 2.69. The summed E-state index contributed by atoms with van der Waals surface area (Å²) in [5, 5.41) is 4.28. The highest BCUT2D eigenvalue weighted by atomic mass is 16.5. The summed E-state index contributed by atoms with van der Waals surface area (Å²) in [6, 6.07) is 4.23. The van der Waals surface area contributed by atoms with Crippen molar-refractivity contribution in [3.8, 4) is 16.9 Å². The number of aromatic nitrogens is 2. The summed E-state index contributed by atoms with van der Waals surface area (Å²) < 4.78 is 7.33. The zero-order valence-corrected chi connectivity index (χ0v) is 11.3. The van der Waals surface area contributed by atoms with E-state index in [1.165, 1.54) is 5.56 Å². The minimum absolute atomic E-state index is 0.460. The Morgan fingerprint density at radius 2 is 2.00 bits per heavy atom. The standard InChI is InChI=1S/C14H19N3O/c1-9-5-10(2)14(18-4)11(6-9)12-8-16-17(3)13(12)7-15/h5-6,8H,7,15H2,1-4H3. The fourth-order valence-electron chi connectivity index (χ4n) is 2.36. The molecule has 1 heterocycles. The molecule has 0 unspecified atom stereocenters. The van der Waals surface area contributed by atoms with Gasteiger partial charge in [0, 0.05) is 24.7 Å². The molecule has 0 aliphatic heterocycles. The van der Waals surface area contributed by atoms with Gasteiger partial charge in [0.05, 0.1) is 19.0 Å². The van der Waals surface area contributed by atoms with Crippen molar-refractivity contribution in [3.05, 3.63) is 35.2 Å². The van der Waals surface area contributed by atoms with Crippen LogP contribution in [-0.2, 0) is 13.6 Å². The molecule has 0 saturated carbocycles. The monoisotopic (exact) mass is 245 g/mol. The van der Waals surface area contributed by atoms with Crippen LogP contribution in [0.2, 0.25) is 0 Å². The molecule has 1 aromatic carbocycles. The molecular weight excluding hydrogens is 226 g/mol. The third-order valence-corrected chi connectivity index (χ3v) is 3.17. The Morgan fingerprint density at radius 1 is 1.28 bits per heavy atom. The summed E-state index contributed by atoms with van der Waals surface area (Å²) >= 11 is 0. The minimum atomic E-state index is 0.460. The van der Waals surface area contributed by atoms with Crippen molar-refractivity contribution < 1.29 is 4.74 Å². The van der Waals surface area contributed by atoms with Crippen LogP contribution in [0.4, 0.5) is 0 Å². The van der Waals surface area contributed by atoms with Gasteiger partial charge in [-0.2, -0.15) is 5.10 Å². The first-order valence-corrected chi connectivity index (χ1v) is 5.95. The zero-order chi connectivity index (χ0) is 13.3. The Kier molecular flexibility index (Phi) is 3.39. The second kappa shape index (κ2) is 4.82. The number of ether oxygens (including phenoxy) is 1. The number of nitrogens with two attached hydrogens (primary N) is 1. The lowest BCUT2D eigenvalue weighted by Gasteiger charge is -2.13. The molecule has 0 radical (unpaired) electrons. The van der Waals surface area contributed by atoms with Crippen LogP contribution in [0.3, 0.4) is 0 Å². The van der Waals surface area contributed by atoms with Crippen molar-refractivity contribution in [1.29, 1.82) is 0 Å². The van der Waals surface area contributed by atoms with Gasteiger partial charge in [-0.25, -0.2) is 0 Å². The van der Waals surface area contributed by atoms with E-state index in [1.807, 2.05) is 24.9 Å². The van der Waals surface area contributed by atoms with Gasteiger partial charge in [0.25, 0.3) is 0 Å². The van der Waals surface area contributed by atoms with Crippen LogP contribution in [0.25, 0.3) is 11.1 Å². The van der Waals surface area contributed by atoms with Gasteiger partial charge in [-0.1, -0.05) is 6.07 Å². The molecule has 96 valence electrons. The second-order valence-corrected chi connectivity index (χ2v) is 4.50. The van der Waals surface area contributed by atoms with Crippen LogP contribution >= 0.6 is 0 Å². The van der Waals surface area contributed by atoms with Gasteiger partial charge in [0.2, 0.25) is 0 Å². The molecule has 1 aromatic heterocycles. The summed E-state index contributed by atoms with van der Waals surface area (Å²) in [6.45, 7) is 4.59. The first-order valence-electron chi connectivity index (χ1n) is 5.95. The predicted octanol–water partition coefficient (Wildman–Crippen LogP) is 2.17. The van der Waals surface area contributed by atoms with E-state index in [2.05, 4.69) is 24.2 Å². The molecule has 0 atom stereocenters. The fraction of sp³-hybridized carbons (Fsp3) is 0.357. The van der Waals surface area contributed by atoms with E-state index in [0.717, 1.165) is 28.1 Å². The number of nitrogens with zero attached hydrogens (tertiary/aromatic N) is 2. The van der Waals surface area contributed by atoms with Crippen molar-refractivity contribution in [2.24, 2.45) is 12.8 Å². The largest absolute Gasteiger partial charge is 0.496 e. The first kappa shape index (κ1) is 12.6. The summed E-state index contributed by atoms with van der Waals surface area (Å²) in [5.74, 6) is 0.892. The molecule has 0 aliphatic rings. The smallest absolute Gasteiger partial charge is 0.129 e. The van der Waals surface area contributed by atoms with Crippen LogP contribution in [0.5, 0.6) is 5.75 Å². The van der Waals surface area contributed by atoms with Gasteiger partial charge in [0.15, 0.2) is 0 Å². The molecule has 0 bridgehead atoms. The molecule has 4 nitrogen and oxygen atoms in total. The normalized spacial score (nSPS) is 10.7. The van der Waals surface area contributed by atoms with Crippen molar-refractivity contribution in [2.45, 2.75) is 20.4 Å². The fourth-order valence-corrected chi connectivity index (χ4v) is 2.36. The molecule has 0 amide bonds. The van der Waals surface area contributed by atoms with E-state index in [4.69, 9.17) is 10.5 Å². The maximum atomic E-state index is 5.80. The molecule has 0 fully saturated rings. The Morgan fingerprint density at radius 3 is 2.61 bits per heavy atom. The van der Waals surface area contributed by atoms with Gasteiger partial charge in [-0.15, -0.1) is 0 Å². The van der Waals surface area contributed by atoms with Crippen LogP contribution < -0.4 is 10.5 Å². The number of hydrogen-bond donors (Lipinski definition) is 1. The van der Waals surface area contributed by atoms with Gasteiger partial charge in [-0.3, -0.25) is 4.68 Å². The highest BCUT2D eigenvalue weighted by Crippen LogP contribution is 2.35. The lowest BCUT2D eigenvalue weighted by atomic mass is 9.99.